The van der Waals surface area contributed by atoms with Crippen molar-refractivity contribution in [3.05, 3.63) is 46.7 Å². The summed E-state index contributed by atoms with van der Waals surface area (Å²) in [6, 6.07) is 5.87. The zero-order chi connectivity index (χ0) is 19.0. The molecule has 0 radical (unpaired) electrons. The summed E-state index contributed by atoms with van der Waals surface area (Å²) in [5.74, 6) is 0.945. The smallest absolute Gasteiger partial charge is 0.247 e. The lowest BCUT2D eigenvalue weighted by molar-refractivity contribution is -0.143. The molecule has 6 nitrogen and oxygen atoms in total. The summed E-state index contributed by atoms with van der Waals surface area (Å²) in [4.78, 5) is 14.8. The molecule has 2 aromatic rings. The Hall–Kier alpha value is -2.05. The van der Waals surface area contributed by atoms with Gasteiger partial charge in [-0.15, -0.1) is 0 Å². The van der Waals surface area contributed by atoms with Gasteiger partial charge < -0.3 is 14.4 Å². The predicted molar refractivity (Wildman–Crippen MR) is 102 cm³/mol. The van der Waals surface area contributed by atoms with E-state index in [1.54, 1.807) is 24.2 Å². The number of piperidine rings is 1. The molecule has 0 N–H and O–H groups in total. The highest BCUT2D eigenvalue weighted by atomic mass is 35.5. The van der Waals surface area contributed by atoms with E-state index in [9.17, 15) is 4.79 Å². The summed E-state index contributed by atoms with van der Waals surface area (Å²) >= 11 is 5.93. The Kier molecular flexibility index (Phi) is 4.86. The van der Waals surface area contributed by atoms with Gasteiger partial charge in [0, 0.05) is 19.3 Å². The Bertz CT molecular complexity index is 843. The molecule has 1 atom stereocenters. The van der Waals surface area contributed by atoms with Crippen LogP contribution in [0.1, 0.15) is 36.9 Å². The van der Waals surface area contributed by atoms with Gasteiger partial charge in [0.1, 0.15) is 11.8 Å². The maximum absolute atomic E-state index is 12.9. The van der Waals surface area contributed by atoms with Gasteiger partial charge in [0.05, 0.1) is 30.5 Å². The first kappa shape index (κ1) is 18.3. The SMILES string of the molecule is COc1ccc2c(c1)CCOC21CCN(C(=O)C(C)n2cc(Cl)cn2)CC1. The van der Waals surface area contributed by atoms with Crippen LogP contribution in [0.5, 0.6) is 5.75 Å². The van der Waals surface area contributed by atoms with Crippen LogP contribution in [-0.2, 0) is 21.6 Å². The van der Waals surface area contributed by atoms with E-state index >= 15 is 0 Å². The Morgan fingerprint density at radius 1 is 1.37 bits per heavy atom. The van der Waals surface area contributed by atoms with Crippen LogP contribution in [-0.4, -0.2) is 47.4 Å². The normalized spacial score (nSPS) is 19.6. The van der Waals surface area contributed by atoms with Gasteiger partial charge in [-0.05, 0) is 49.4 Å². The van der Waals surface area contributed by atoms with Gasteiger partial charge in [-0.25, -0.2) is 0 Å². The summed E-state index contributed by atoms with van der Waals surface area (Å²) in [6.07, 6.45) is 5.73. The number of hydrogen-bond acceptors (Lipinski definition) is 4. The summed E-state index contributed by atoms with van der Waals surface area (Å²) in [7, 11) is 1.69. The number of fused-ring (bicyclic) bond motifs is 2. The van der Waals surface area contributed by atoms with E-state index in [4.69, 9.17) is 21.1 Å². The first-order valence-corrected chi connectivity index (χ1v) is 9.70. The Labute approximate surface area is 164 Å². The molecule has 144 valence electrons. The van der Waals surface area contributed by atoms with Crippen molar-refractivity contribution in [1.29, 1.82) is 0 Å². The molecule has 3 heterocycles. The maximum Gasteiger partial charge on any atom is 0.247 e. The molecule has 0 saturated carbocycles. The number of hydrogen-bond donors (Lipinski definition) is 0. The second-order valence-electron chi connectivity index (χ2n) is 7.26. The molecule has 1 fully saturated rings. The van der Waals surface area contributed by atoms with Crippen LogP contribution in [0, 0.1) is 0 Å². The fraction of sp³-hybridized carbons (Fsp3) is 0.500. The van der Waals surface area contributed by atoms with Gasteiger partial charge >= 0.3 is 0 Å². The van der Waals surface area contributed by atoms with Crippen LogP contribution >= 0.6 is 11.6 Å². The van der Waals surface area contributed by atoms with Crippen molar-refractivity contribution in [3.8, 4) is 5.75 Å². The van der Waals surface area contributed by atoms with Crippen molar-refractivity contribution < 1.29 is 14.3 Å². The standard InChI is InChI=1S/C20H24ClN3O3/c1-14(24-13-16(21)12-22-24)19(25)23-8-6-20(7-9-23)18-4-3-17(26-2)11-15(18)5-10-27-20/h3-4,11-14H,5-10H2,1-2H3. The second-order valence-corrected chi connectivity index (χ2v) is 7.69. The minimum absolute atomic E-state index is 0.0652. The largest absolute Gasteiger partial charge is 0.497 e. The maximum atomic E-state index is 12.9. The average Bonchev–Trinajstić information content (AvgIpc) is 3.13. The molecule has 2 aliphatic heterocycles. The highest BCUT2D eigenvalue weighted by Crippen LogP contribution is 2.42. The molecule has 1 amide bonds. The summed E-state index contributed by atoms with van der Waals surface area (Å²) in [5.41, 5.74) is 2.24. The van der Waals surface area contributed by atoms with Gasteiger partial charge in [0.2, 0.25) is 5.91 Å². The van der Waals surface area contributed by atoms with E-state index in [1.165, 1.54) is 11.1 Å². The van der Waals surface area contributed by atoms with Crippen molar-refractivity contribution in [1.82, 2.24) is 14.7 Å². The Morgan fingerprint density at radius 3 is 2.81 bits per heavy atom. The molecule has 0 aliphatic carbocycles. The van der Waals surface area contributed by atoms with Crippen LogP contribution < -0.4 is 4.74 Å². The molecule has 1 aromatic heterocycles. The molecule has 1 spiro atoms. The van der Waals surface area contributed by atoms with Crippen molar-refractivity contribution in [2.75, 3.05) is 26.8 Å². The lowest BCUT2D eigenvalue weighted by atomic mass is 9.79. The number of carbonyl (C=O) groups is 1. The number of likely N-dealkylation sites (tertiary alicyclic amines) is 1. The number of ether oxygens (including phenoxy) is 2. The average molecular weight is 390 g/mol. The number of benzene rings is 1. The lowest BCUT2D eigenvalue weighted by Crippen LogP contribution is -2.49. The molecule has 0 bridgehead atoms. The summed E-state index contributed by atoms with van der Waals surface area (Å²) in [5, 5.41) is 4.70. The number of carbonyl (C=O) groups excluding carboxylic acids is 1. The van der Waals surface area contributed by atoms with E-state index < -0.39 is 0 Å². The van der Waals surface area contributed by atoms with Crippen LogP contribution in [0.25, 0.3) is 0 Å². The molecule has 1 aromatic carbocycles. The Morgan fingerprint density at radius 2 is 2.15 bits per heavy atom. The molecule has 7 heteroatoms. The van der Waals surface area contributed by atoms with Crippen molar-refractivity contribution in [3.63, 3.8) is 0 Å². The van der Waals surface area contributed by atoms with Crippen LogP contribution in [0.4, 0.5) is 0 Å². The van der Waals surface area contributed by atoms with Crippen LogP contribution in [0.15, 0.2) is 30.6 Å². The quantitative estimate of drug-likeness (QED) is 0.808. The number of halogens is 1. The number of rotatable bonds is 3. The highest BCUT2D eigenvalue weighted by molar-refractivity contribution is 6.30. The predicted octanol–water partition coefficient (Wildman–Crippen LogP) is 3.20. The van der Waals surface area contributed by atoms with E-state index in [-0.39, 0.29) is 17.6 Å². The Balaban J connectivity index is 1.48. The summed E-state index contributed by atoms with van der Waals surface area (Å²) < 4.78 is 13.3. The number of nitrogens with zero attached hydrogens (tertiary/aromatic N) is 3. The number of methoxy groups -OCH3 is 1. The van der Waals surface area contributed by atoms with Crippen molar-refractivity contribution in [2.45, 2.75) is 37.8 Å². The van der Waals surface area contributed by atoms with Gasteiger partial charge in [0.15, 0.2) is 0 Å². The van der Waals surface area contributed by atoms with Crippen LogP contribution in [0.2, 0.25) is 5.02 Å². The summed E-state index contributed by atoms with van der Waals surface area (Å²) in [6.45, 7) is 3.90. The molecule has 1 unspecified atom stereocenters. The van der Waals surface area contributed by atoms with Gasteiger partial charge in [-0.1, -0.05) is 17.7 Å². The van der Waals surface area contributed by atoms with E-state index in [0.717, 1.165) is 25.0 Å². The first-order chi connectivity index (χ1) is 13.0. The zero-order valence-corrected chi connectivity index (χ0v) is 16.4. The molecule has 1 saturated heterocycles. The van der Waals surface area contributed by atoms with E-state index in [0.29, 0.717) is 24.7 Å². The minimum atomic E-state index is -0.365. The highest BCUT2D eigenvalue weighted by Gasteiger charge is 2.42. The van der Waals surface area contributed by atoms with E-state index in [2.05, 4.69) is 17.2 Å². The fourth-order valence-electron chi connectivity index (χ4n) is 4.19. The monoisotopic (exact) mass is 389 g/mol. The topological polar surface area (TPSA) is 56.6 Å². The third-order valence-corrected chi connectivity index (χ3v) is 5.96. The molecule has 2 aliphatic rings. The van der Waals surface area contributed by atoms with Gasteiger partial charge in [-0.3, -0.25) is 9.48 Å². The molecule has 4 rings (SSSR count). The second kappa shape index (κ2) is 7.17. The van der Waals surface area contributed by atoms with Crippen LogP contribution in [0.3, 0.4) is 0 Å². The number of aromatic nitrogens is 2. The molecular formula is C20H24ClN3O3. The fourth-order valence-corrected chi connectivity index (χ4v) is 4.33. The third-order valence-electron chi connectivity index (χ3n) is 5.76. The molecular weight excluding hydrogens is 366 g/mol. The van der Waals surface area contributed by atoms with E-state index in [1.807, 2.05) is 17.9 Å². The van der Waals surface area contributed by atoms with Gasteiger partial charge in [0.25, 0.3) is 0 Å². The molecule has 27 heavy (non-hydrogen) atoms. The van der Waals surface area contributed by atoms with Crippen molar-refractivity contribution >= 4 is 17.5 Å². The zero-order valence-electron chi connectivity index (χ0n) is 15.7. The van der Waals surface area contributed by atoms with Gasteiger partial charge in [-0.2, -0.15) is 5.10 Å². The lowest BCUT2D eigenvalue weighted by Gasteiger charge is -2.45. The van der Waals surface area contributed by atoms with Crippen molar-refractivity contribution in [2.24, 2.45) is 0 Å². The number of amides is 1. The third kappa shape index (κ3) is 3.32. The first-order valence-electron chi connectivity index (χ1n) is 9.32. The minimum Gasteiger partial charge on any atom is -0.497 e.